The van der Waals surface area contributed by atoms with Gasteiger partial charge in [0.05, 0.1) is 17.5 Å². The molecule has 4 rings (SSSR count). The van der Waals surface area contributed by atoms with Crippen LogP contribution in [0.25, 0.3) is 0 Å². The van der Waals surface area contributed by atoms with Gasteiger partial charge in [0.25, 0.3) is 5.91 Å². The van der Waals surface area contributed by atoms with Crippen molar-refractivity contribution in [2.24, 2.45) is 5.92 Å². The highest BCUT2D eigenvalue weighted by Gasteiger charge is 2.56. The Balaban J connectivity index is 1.58. The topological polar surface area (TPSA) is 104 Å². The number of sulfone groups is 1. The van der Waals surface area contributed by atoms with E-state index in [1.54, 1.807) is 37.3 Å². The summed E-state index contributed by atoms with van der Waals surface area (Å²) in [7, 11) is -3.21. The lowest BCUT2D eigenvalue weighted by Gasteiger charge is -2.30. The first-order valence-electron chi connectivity index (χ1n) is 9.43. The van der Waals surface area contributed by atoms with Crippen molar-refractivity contribution >= 4 is 33.4 Å². The number of imide groups is 1. The van der Waals surface area contributed by atoms with Gasteiger partial charge in [-0.1, -0.05) is 18.2 Å². The number of carbonyl (C=O) groups excluding carboxylic acids is 3. The smallest absolute Gasteiger partial charge is 0.323 e. The Labute approximate surface area is 163 Å². The maximum absolute atomic E-state index is 13.1. The number of para-hydroxylation sites is 1. The Hall–Kier alpha value is -2.42. The molecule has 0 bridgehead atoms. The highest BCUT2D eigenvalue weighted by atomic mass is 32.2. The van der Waals surface area contributed by atoms with E-state index < -0.39 is 39.9 Å². The van der Waals surface area contributed by atoms with Gasteiger partial charge in [-0.2, -0.15) is 0 Å². The molecule has 0 unspecified atom stereocenters. The van der Waals surface area contributed by atoms with Gasteiger partial charge < -0.3 is 10.2 Å². The molecule has 1 N–H and O–H groups in total. The van der Waals surface area contributed by atoms with Crippen molar-refractivity contribution in [3.63, 3.8) is 0 Å². The predicted octanol–water partition coefficient (Wildman–Crippen LogP) is 0.927. The minimum Gasteiger partial charge on any atom is -0.323 e. The van der Waals surface area contributed by atoms with Crippen molar-refractivity contribution in [3.8, 4) is 0 Å². The Bertz CT molecular complexity index is 928. The second kappa shape index (κ2) is 6.58. The van der Waals surface area contributed by atoms with Gasteiger partial charge in [-0.15, -0.1) is 0 Å². The fourth-order valence-electron chi connectivity index (χ4n) is 4.13. The van der Waals surface area contributed by atoms with Crippen molar-refractivity contribution in [1.29, 1.82) is 0 Å². The number of nitrogens with one attached hydrogen (secondary N) is 1. The molecule has 2 atom stereocenters. The number of urea groups is 1. The van der Waals surface area contributed by atoms with Crippen molar-refractivity contribution in [2.75, 3.05) is 23.0 Å². The number of hydrogen-bond acceptors (Lipinski definition) is 5. The van der Waals surface area contributed by atoms with Crippen LogP contribution in [0.4, 0.5) is 10.5 Å². The van der Waals surface area contributed by atoms with Crippen LogP contribution in [-0.2, 0) is 19.4 Å². The molecular weight excluding hydrogens is 382 g/mol. The highest BCUT2D eigenvalue weighted by Crippen LogP contribution is 2.42. The van der Waals surface area contributed by atoms with E-state index in [2.05, 4.69) is 5.32 Å². The van der Waals surface area contributed by atoms with E-state index in [0.29, 0.717) is 12.1 Å². The van der Waals surface area contributed by atoms with Crippen LogP contribution in [0.5, 0.6) is 0 Å². The normalized spacial score (nSPS) is 29.0. The molecule has 1 aliphatic carbocycles. The molecule has 1 aromatic rings. The third kappa shape index (κ3) is 3.28. The van der Waals surface area contributed by atoms with Crippen LogP contribution in [-0.4, -0.2) is 60.8 Å². The van der Waals surface area contributed by atoms with E-state index in [4.69, 9.17) is 0 Å². The van der Waals surface area contributed by atoms with Crippen LogP contribution in [0.1, 0.15) is 26.2 Å². The Morgan fingerprint density at radius 1 is 1.21 bits per heavy atom. The minimum absolute atomic E-state index is 0.0250. The van der Waals surface area contributed by atoms with Crippen LogP contribution in [0.15, 0.2) is 30.3 Å². The van der Waals surface area contributed by atoms with E-state index in [0.717, 1.165) is 17.7 Å². The van der Waals surface area contributed by atoms with Crippen molar-refractivity contribution < 1.29 is 22.8 Å². The van der Waals surface area contributed by atoms with Gasteiger partial charge in [0, 0.05) is 5.69 Å². The van der Waals surface area contributed by atoms with Gasteiger partial charge in [-0.25, -0.2) is 13.2 Å². The summed E-state index contributed by atoms with van der Waals surface area (Å²) in [6.07, 6.45) is 2.09. The Kier molecular flexibility index (Phi) is 4.45. The van der Waals surface area contributed by atoms with Gasteiger partial charge >= 0.3 is 6.03 Å². The van der Waals surface area contributed by atoms with E-state index in [1.807, 2.05) is 0 Å². The minimum atomic E-state index is -3.21. The summed E-state index contributed by atoms with van der Waals surface area (Å²) in [4.78, 5) is 40.7. The van der Waals surface area contributed by atoms with Crippen LogP contribution < -0.4 is 10.2 Å². The molecule has 8 nitrogen and oxygen atoms in total. The fourth-order valence-corrected chi connectivity index (χ4v) is 5.83. The number of rotatable bonds is 5. The van der Waals surface area contributed by atoms with Crippen LogP contribution in [0.2, 0.25) is 0 Å². The highest BCUT2D eigenvalue weighted by molar-refractivity contribution is 7.91. The zero-order valence-corrected chi connectivity index (χ0v) is 16.4. The molecule has 3 aliphatic rings. The maximum Gasteiger partial charge on any atom is 0.325 e. The summed E-state index contributed by atoms with van der Waals surface area (Å²) >= 11 is 0. The lowest BCUT2D eigenvalue weighted by atomic mass is 9.96. The number of amides is 4. The number of anilines is 1. The molecule has 0 radical (unpaired) electrons. The molecule has 2 saturated heterocycles. The largest absolute Gasteiger partial charge is 0.325 e. The van der Waals surface area contributed by atoms with E-state index >= 15 is 0 Å². The van der Waals surface area contributed by atoms with Gasteiger partial charge in [0.15, 0.2) is 9.84 Å². The summed E-state index contributed by atoms with van der Waals surface area (Å²) in [5, 5.41) is 2.73. The van der Waals surface area contributed by atoms with Gasteiger partial charge in [0.1, 0.15) is 12.1 Å². The van der Waals surface area contributed by atoms with Crippen molar-refractivity contribution in [3.05, 3.63) is 30.3 Å². The summed E-state index contributed by atoms with van der Waals surface area (Å²) in [6.45, 7) is 1.30. The average Bonchev–Trinajstić information content (AvgIpc) is 3.41. The second-order valence-electron chi connectivity index (χ2n) is 7.95. The standard InChI is InChI=1S/C19H23N3O5S/c1-19(13-7-8-13)17(24)21(18(25)20-19)11-16(23)22(14-5-3-2-4-6-14)15-9-10-28(26,27)12-15/h2-6,13,15H,7-12H2,1H3,(H,20,25)/t15-,19-/m0/s1. The zero-order chi connectivity index (χ0) is 20.1. The first-order chi connectivity index (χ1) is 13.2. The predicted molar refractivity (Wildman–Crippen MR) is 102 cm³/mol. The molecule has 1 aromatic carbocycles. The Morgan fingerprint density at radius 3 is 2.46 bits per heavy atom. The van der Waals surface area contributed by atoms with Gasteiger partial charge in [-0.3, -0.25) is 14.5 Å². The SMILES string of the molecule is C[C@@]1(C2CC2)NC(=O)N(CC(=O)N(c2ccccc2)[C@H]2CCS(=O)(=O)C2)C1=O. The average molecular weight is 405 g/mol. The molecule has 150 valence electrons. The molecular formula is C19H23N3O5S. The molecule has 0 aromatic heterocycles. The number of benzene rings is 1. The second-order valence-corrected chi connectivity index (χ2v) is 10.2. The molecule has 9 heteroatoms. The van der Waals surface area contributed by atoms with Crippen molar-refractivity contribution in [1.82, 2.24) is 10.2 Å². The summed E-state index contributed by atoms with van der Waals surface area (Å²) < 4.78 is 23.9. The number of hydrogen-bond donors (Lipinski definition) is 1. The van der Waals surface area contributed by atoms with Gasteiger partial charge in [0.2, 0.25) is 5.91 Å². The van der Waals surface area contributed by atoms with E-state index in [1.165, 1.54) is 4.90 Å². The Morgan fingerprint density at radius 2 is 1.89 bits per heavy atom. The fraction of sp³-hybridized carbons (Fsp3) is 0.526. The lowest BCUT2D eigenvalue weighted by molar-refractivity contribution is -0.134. The molecule has 0 spiro atoms. The maximum atomic E-state index is 13.1. The van der Waals surface area contributed by atoms with Crippen molar-refractivity contribution in [2.45, 2.75) is 37.8 Å². The molecule has 2 heterocycles. The summed E-state index contributed by atoms with van der Waals surface area (Å²) in [6, 6.07) is 7.70. The third-order valence-corrected chi connectivity index (χ3v) is 7.62. The van der Waals surface area contributed by atoms with Crippen LogP contribution >= 0.6 is 0 Å². The first-order valence-corrected chi connectivity index (χ1v) is 11.2. The molecule has 28 heavy (non-hydrogen) atoms. The van der Waals surface area contributed by atoms with Gasteiger partial charge in [-0.05, 0) is 44.2 Å². The first kappa shape index (κ1) is 18.9. The molecule has 2 aliphatic heterocycles. The molecule has 1 saturated carbocycles. The van der Waals surface area contributed by atoms with Crippen LogP contribution in [0, 0.1) is 5.92 Å². The summed E-state index contributed by atoms with van der Waals surface area (Å²) in [5.74, 6) is -0.837. The van der Waals surface area contributed by atoms with E-state index in [9.17, 15) is 22.8 Å². The summed E-state index contributed by atoms with van der Waals surface area (Å²) in [5.41, 5.74) is -0.391. The van der Waals surface area contributed by atoms with E-state index in [-0.39, 0.29) is 23.3 Å². The molecule has 3 fully saturated rings. The zero-order valence-electron chi connectivity index (χ0n) is 15.6. The lowest BCUT2D eigenvalue weighted by Crippen LogP contribution is -2.49. The third-order valence-electron chi connectivity index (χ3n) is 5.87. The number of carbonyl (C=O) groups is 3. The quantitative estimate of drug-likeness (QED) is 0.734. The molecule has 4 amide bonds. The number of nitrogens with zero attached hydrogens (tertiary/aromatic N) is 2. The monoisotopic (exact) mass is 405 g/mol. The van der Waals surface area contributed by atoms with Crippen LogP contribution in [0.3, 0.4) is 0 Å².